The zero-order valence-corrected chi connectivity index (χ0v) is 20.1. The Kier molecular flexibility index (Phi) is 8.54. The molecule has 2 N–H and O–H groups in total. The van der Waals surface area contributed by atoms with Crippen LogP contribution in [0.1, 0.15) is 40.0 Å². The number of ether oxygens (including phenoxy) is 1. The maximum Gasteiger partial charge on any atom is 0.310 e. The number of halogens is 1. The summed E-state index contributed by atoms with van der Waals surface area (Å²) in [4.78, 5) is 41.8. The summed E-state index contributed by atoms with van der Waals surface area (Å²) in [5, 5.41) is 13.2. The van der Waals surface area contributed by atoms with E-state index in [-0.39, 0.29) is 25.0 Å². The first kappa shape index (κ1) is 25.2. The number of carbonyl (C=O) groups is 3. The van der Waals surface area contributed by atoms with Crippen molar-refractivity contribution in [1.29, 1.82) is 0 Å². The van der Waals surface area contributed by atoms with Crippen molar-refractivity contribution in [3.8, 4) is 0 Å². The fourth-order valence-electron chi connectivity index (χ4n) is 5.19. The number of benzene rings is 1. The molecule has 180 valence electrons. The molecule has 1 aromatic rings. The van der Waals surface area contributed by atoms with Crippen LogP contribution in [0.15, 0.2) is 36.4 Å². The first-order valence-electron chi connectivity index (χ1n) is 11.7. The number of aliphatic hydroxyl groups excluding tert-OH is 1. The first-order valence-corrected chi connectivity index (χ1v) is 12.1. The van der Waals surface area contributed by atoms with Gasteiger partial charge in [-0.15, -0.1) is 0 Å². The molecule has 1 aromatic carbocycles. The summed E-state index contributed by atoms with van der Waals surface area (Å²) in [6.45, 7) is 5.58. The van der Waals surface area contributed by atoms with Crippen LogP contribution in [0.4, 0.5) is 5.69 Å². The van der Waals surface area contributed by atoms with E-state index in [1.165, 1.54) is 4.90 Å². The minimum Gasteiger partial charge on any atom is -0.466 e. The van der Waals surface area contributed by atoms with Gasteiger partial charge in [-0.3, -0.25) is 14.4 Å². The zero-order valence-electron chi connectivity index (χ0n) is 19.4. The topological polar surface area (TPSA) is 95.9 Å². The monoisotopic (exact) mass is 476 g/mol. The molecule has 7 nitrogen and oxygen atoms in total. The molecule has 1 aliphatic carbocycles. The quantitative estimate of drug-likeness (QED) is 0.419. The van der Waals surface area contributed by atoms with Crippen LogP contribution in [0.25, 0.3) is 0 Å². The molecule has 1 heterocycles. The van der Waals surface area contributed by atoms with Crippen molar-refractivity contribution < 1.29 is 24.2 Å². The van der Waals surface area contributed by atoms with E-state index in [9.17, 15) is 19.5 Å². The largest absolute Gasteiger partial charge is 0.466 e. The van der Waals surface area contributed by atoms with Gasteiger partial charge >= 0.3 is 5.97 Å². The number of amides is 2. The van der Waals surface area contributed by atoms with Crippen molar-refractivity contribution in [3.05, 3.63) is 41.4 Å². The molecule has 0 aromatic heterocycles. The van der Waals surface area contributed by atoms with E-state index in [1.54, 1.807) is 31.2 Å². The standard InChI is InChI=1S/C25H33ClN2O5/c1-4-9-15-12-13-17-21(20(15)25(32)33-6-3)24(31)28(16(5-2)14-29)22(17)23(30)27-19-11-8-7-10-18(19)26/h7-8,10-13,15-17,20-22,29H,4-6,9,14H2,1-3H3,(H,27,30)/t15-,16+,17+,20-,21-,22+/m1/s1. The third-order valence-corrected chi connectivity index (χ3v) is 7.03. The van der Waals surface area contributed by atoms with Crippen LogP contribution in [0, 0.1) is 23.7 Å². The van der Waals surface area contributed by atoms with Gasteiger partial charge in [0, 0.05) is 5.92 Å². The lowest BCUT2D eigenvalue weighted by Crippen LogP contribution is -2.50. The molecule has 1 saturated heterocycles. The van der Waals surface area contributed by atoms with Crippen molar-refractivity contribution in [2.24, 2.45) is 23.7 Å². The van der Waals surface area contributed by atoms with Gasteiger partial charge < -0.3 is 20.1 Å². The molecule has 0 bridgehead atoms. The summed E-state index contributed by atoms with van der Waals surface area (Å²) in [6, 6.07) is 5.49. The maximum absolute atomic E-state index is 13.8. The predicted molar refractivity (Wildman–Crippen MR) is 127 cm³/mol. The Bertz CT molecular complexity index is 901. The fourth-order valence-corrected chi connectivity index (χ4v) is 5.37. The minimum absolute atomic E-state index is 0.138. The summed E-state index contributed by atoms with van der Waals surface area (Å²) in [5.74, 6) is -3.12. The van der Waals surface area contributed by atoms with Gasteiger partial charge in [-0.1, -0.05) is 56.2 Å². The second kappa shape index (κ2) is 11.2. The molecule has 0 saturated carbocycles. The van der Waals surface area contributed by atoms with Crippen LogP contribution in [-0.2, 0) is 19.1 Å². The van der Waals surface area contributed by atoms with Crippen molar-refractivity contribution >= 4 is 35.1 Å². The third kappa shape index (κ3) is 4.94. The van der Waals surface area contributed by atoms with E-state index in [0.29, 0.717) is 17.1 Å². The summed E-state index contributed by atoms with van der Waals surface area (Å²) >= 11 is 6.24. The van der Waals surface area contributed by atoms with Gasteiger partial charge in [0.1, 0.15) is 6.04 Å². The smallest absolute Gasteiger partial charge is 0.310 e. The molecule has 2 aliphatic rings. The predicted octanol–water partition coefficient (Wildman–Crippen LogP) is 3.66. The van der Waals surface area contributed by atoms with Crippen LogP contribution in [-0.4, -0.2) is 53.1 Å². The molecular weight excluding hydrogens is 444 g/mol. The number of rotatable bonds is 9. The average molecular weight is 477 g/mol. The molecule has 8 heteroatoms. The highest BCUT2D eigenvalue weighted by atomic mass is 35.5. The highest BCUT2D eigenvalue weighted by molar-refractivity contribution is 6.33. The van der Waals surface area contributed by atoms with Crippen molar-refractivity contribution in [2.75, 3.05) is 18.5 Å². The summed E-state index contributed by atoms with van der Waals surface area (Å²) in [7, 11) is 0. The number of nitrogens with zero attached hydrogens (tertiary/aromatic N) is 1. The summed E-state index contributed by atoms with van der Waals surface area (Å²) in [5.41, 5.74) is 0.447. The van der Waals surface area contributed by atoms with E-state index < -0.39 is 41.7 Å². The highest BCUT2D eigenvalue weighted by Gasteiger charge is 2.58. The van der Waals surface area contributed by atoms with E-state index in [0.717, 1.165) is 12.8 Å². The lowest BCUT2D eigenvalue weighted by Gasteiger charge is -2.34. The second-order valence-corrected chi connectivity index (χ2v) is 9.03. The number of esters is 1. The number of carbonyl (C=O) groups excluding carboxylic acids is 3. The van der Waals surface area contributed by atoms with Gasteiger partial charge in [-0.25, -0.2) is 0 Å². The van der Waals surface area contributed by atoms with Crippen LogP contribution in [0.5, 0.6) is 0 Å². The Labute approximate surface area is 200 Å². The van der Waals surface area contributed by atoms with Crippen molar-refractivity contribution in [1.82, 2.24) is 4.90 Å². The number of aliphatic hydroxyl groups is 1. The van der Waals surface area contributed by atoms with E-state index in [1.807, 2.05) is 26.0 Å². The van der Waals surface area contributed by atoms with Gasteiger partial charge in [0.15, 0.2) is 0 Å². The van der Waals surface area contributed by atoms with E-state index >= 15 is 0 Å². The molecule has 3 rings (SSSR count). The first-order chi connectivity index (χ1) is 15.9. The molecule has 0 spiro atoms. The van der Waals surface area contributed by atoms with Crippen molar-refractivity contribution in [2.45, 2.75) is 52.1 Å². The number of fused-ring (bicyclic) bond motifs is 1. The molecule has 1 fully saturated rings. The number of hydrogen-bond donors (Lipinski definition) is 2. The van der Waals surface area contributed by atoms with Crippen LogP contribution >= 0.6 is 11.6 Å². The van der Waals surface area contributed by atoms with Crippen LogP contribution in [0.3, 0.4) is 0 Å². The Balaban J connectivity index is 2.04. The lowest BCUT2D eigenvalue weighted by molar-refractivity contribution is -0.156. The number of anilines is 1. The van der Waals surface area contributed by atoms with Gasteiger partial charge in [-0.2, -0.15) is 0 Å². The van der Waals surface area contributed by atoms with Crippen LogP contribution < -0.4 is 5.32 Å². The van der Waals surface area contributed by atoms with Gasteiger partial charge in [-0.05, 0) is 37.8 Å². The number of nitrogens with one attached hydrogen (secondary N) is 1. The van der Waals surface area contributed by atoms with Gasteiger partial charge in [0.2, 0.25) is 11.8 Å². The Morgan fingerprint density at radius 1 is 1.21 bits per heavy atom. The Morgan fingerprint density at radius 3 is 2.55 bits per heavy atom. The Morgan fingerprint density at radius 2 is 1.94 bits per heavy atom. The third-order valence-electron chi connectivity index (χ3n) is 6.70. The molecule has 0 unspecified atom stereocenters. The lowest BCUT2D eigenvalue weighted by atomic mass is 9.69. The van der Waals surface area contributed by atoms with E-state index in [2.05, 4.69) is 5.32 Å². The molecular formula is C25H33ClN2O5. The SMILES string of the molecule is CCC[C@@H]1C=C[C@H]2[C@@H](C(=O)N([C@@H](CC)CO)[C@@H]2C(=O)Nc2ccccc2Cl)[C@@H]1C(=O)OCC. The fraction of sp³-hybridized carbons (Fsp3) is 0.560. The normalized spacial score (nSPS) is 27.2. The number of para-hydroxylation sites is 1. The van der Waals surface area contributed by atoms with E-state index in [4.69, 9.17) is 16.3 Å². The zero-order chi connectivity index (χ0) is 24.1. The molecule has 1 aliphatic heterocycles. The van der Waals surface area contributed by atoms with Crippen LogP contribution in [0.2, 0.25) is 5.02 Å². The van der Waals surface area contributed by atoms with Gasteiger partial charge in [0.05, 0.1) is 41.8 Å². The number of allylic oxidation sites excluding steroid dienone is 1. The maximum atomic E-state index is 13.8. The molecule has 2 amide bonds. The minimum atomic E-state index is -0.869. The van der Waals surface area contributed by atoms with Gasteiger partial charge in [0.25, 0.3) is 0 Å². The summed E-state index contributed by atoms with van der Waals surface area (Å²) < 4.78 is 5.36. The number of likely N-dealkylation sites (tertiary alicyclic amines) is 1. The average Bonchev–Trinajstić information content (AvgIpc) is 3.09. The molecule has 33 heavy (non-hydrogen) atoms. The second-order valence-electron chi connectivity index (χ2n) is 8.62. The molecule has 6 atom stereocenters. The van der Waals surface area contributed by atoms with Crippen molar-refractivity contribution in [3.63, 3.8) is 0 Å². The summed E-state index contributed by atoms with van der Waals surface area (Å²) in [6.07, 6.45) is 5.93. The molecule has 0 radical (unpaired) electrons. The number of hydrogen-bond acceptors (Lipinski definition) is 5. The highest BCUT2D eigenvalue weighted by Crippen LogP contribution is 2.46. The Hall–Kier alpha value is -2.38.